The summed E-state index contributed by atoms with van der Waals surface area (Å²) in [6.07, 6.45) is 2.95. The molecule has 9 nitrogen and oxygen atoms in total. The Morgan fingerprint density at radius 2 is 1.91 bits per heavy atom. The van der Waals surface area contributed by atoms with Gasteiger partial charge in [-0.2, -0.15) is 0 Å². The molecule has 0 aliphatic heterocycles. The van der Waals surface area contributed by atoms with Gasteiger partial charge in [0.2, 0.25) is 10.0 Å². The van der Waals surface area contributed by atoms with Crippen LogP contribution >= 0.6 is 12.4 Å². The molecule has 0 bridgehead atoms. The maximum absolute atomic E-state index is 13.0. The number of para-hydroxylation sites is 1. The highest BCUT2D eigenvalue weighted by atomic mass is 35.5. The standard InChI is InChI=1S/C22H20N4O5S.ClH/c27-22(28)14-24-21-9-3-7-18(25-21)19(26-32(29,30)17-6-4-10-23-13-17)12-16-11-15-5-1-2-8-20(15)31-16;/h1-11,13,19,26H,12,14H2,(H,24,25)(H,27,28);1H. The van der Waals surface area contributed by atoms with Gasteiger partial charge in [-0.05, 0) is 36.4 Å². The van der Waals surface area contributed by atoms with Crippen molar-refractivity contribution in [2.24, 2.45) is 0 Å². The molecule has 0 saturated heterocycles. The van der Waals surface area contributed by atoms with Crippen LogP contribution in [0.1, 0.15) is 17.5 Å². The third-order valence-corrected chi connectivity index (χ3v) is 6.13. The quantitative estimate of drug-likeness (QED) is 0.326. The molecule has 33 heavy (non-hydrogen) atoms. The number of carbonyl (C=O) groups is 1. The van der Waals surface area contributed by atoms with Gasteiger partial charge in [-0.25, -0.2) is 18.1 Å². The first-order chi connectivity index (χ1) is 15.4. The van der Waals surface area contributed by atoms with Crippen molar-refractivity contribution in [3.8, 4) is 0 Å². The van der Waals surface area contributed by atoms with E-state index in [0.717, 1.165) is 5.39 Å². The molecule has 1 unspecified atom stereocenters. The lowest BCUT2D eigenvalue weighted by Gasteiger charge is -2.18. The van der Waals surface area contributed by atoms with Crippen molar-refractivity contribution < 1.29 is 22.7 Å². The first kappa shape index (κ1) is 24.2. The molecule has 4 rings (SSSR count). The molecule has 4 aromatic rings. The maximum Gasteiger partial charge on any atom is 0.322 e. The Bertz CT molecular complexity index is 1310. The van der Waals surface area contributed by atoms with Gasteiger partial charge in [0.15, 0.2) is 0 Å². The van der Waals surface area contributed by atoms with Crippen LogP contribution in [0.25, 0.3) is 11.0 Å². The summed E-state index contributed by atoms with van der Waals surface area (Å²) < 4.78 is 34.5. The summed E-state index contributed by atoms with van der Waals surface area (Å²) in [7, 11) is -3.91. The number of benzene rings is 1. The Morgan fingerprint density at radius 3 is 2.64 bits per heavy atom. The number of carboxylic acids is 1. The van der Waals surface area contributed by atoms with E-state index in [1.165, 1.54) is 24.5 Å². The fraction of sp³-hybridized carbons (Fsp3) is 0.136. The molecule has 0 fully saturated rings. The number of hydrogen-bond acceptors (Lipinski definition) is 7. The third kappa shape index (κ3) is 6.07. The van der Waals surface area contributed by atoms with Gasteiger partial charge in [0.05, 0.1) is 11.7 Å². The Hall–Kier alpha value is -3.47. The first-order valence-electron chi connectivity index (χ1n) is 9.73. The summed E-state index contributed by atoms with van der Waals surface area (Å²) in [5.74, 6) is -0.135. The zero-order chi connectivity index (χ0) is 22.6. The van der Waals surface area contributed by atoms with Crippen LogP contribution in [0.2, 0.25) is 0 Å². The van der Waals surface area contributed by atoms with Gasteiger partial charge >= 0.3 is 5.97 Å². The molecule has 0 radical (unpaired) electrons. The summed E-state index contributed by atoms with van der Waals surface area (Å²) in [6.45, 7) is -0.313. The number of rotatable bonds is 9. The second kappa shape index (κ2) is 10.4. The highest BCUT2D eigenvalue weighted by molar-refractivity contribution is 7.89. The summed E-state index contributed by atoms with van der Waals surface area (Å²) in [5, 5.41) is 12.5. The van der Waals surface area contributed by atoms with Crippen molar-refractivity contribution in [2.45, 2.75) is 17.4 Å². The number of sulfonamides is 1. The second-order valence-corrected chi connectivity index (χ2v) is 8.73. The molecular formula is C22H21ClN4O5S. The van der Waals surface area contributed by atoms with Crippen LogP contribution in [0.3, 0.4) is 0 Å². The minimum atomic E-state index is -3.91. The van der Waals surface area contributed by atoms with E-state index in [2.05, 4.69) is 20.0 Å². The van der Waals surface area contributed by atoms with E-state index in [1.54, 1.807) is 18.2 Å². The van der Waals surface area contributed by atoms with Crippen LogP contribution in [0.15, 0.2) is 82.4 Å². The molecule has 0 spiro atoms. The zero-order valence-corrected chi connectivity index (χ0v) is 18.8. The van der Waals surface area contributed by atoms with Crippen molar-refractivity contribution in [1.82, 2.24) is 14.7 Å². The third-order valence-electron chi connectivity index (χ3n) is 4.67. The Labute approximate surface area is 196 Å². The molecule has 1 atom stereocenters. The van der Waals surface area contributed by atoms with Gasteiger partial charge in [0.1, 0.15) is 28.6 Å². The number of aliphatic carboxylic acids is 1. The molecule has 3 N–H and O–H groups in total. The molecule has 1 aromatic carbocycles. The number of halogens is 1. The van der Waals surface area contributed by atoms with Crippen LogP contribution in [-0.2, 0) is 21.2 Å². The van der Waals surface area contributed by atoms with E-state index in [1.807, 2.05) is 30.3 Å². The summed E-state index contributed by atoms with van der Waals surface area (Å²) >= 11 is 0. The molecule has 0 aliphatic rings. The average Bonchev–Trinajstić information content (AvgIpc) is 3.20. The average molecular weight is 489 g/mol. The highest BCUT2D eigenvalue weighted by Gasteiger charge is 2.24. The largest absolute Gasteiger partial charge is 0.480 e. The van der Waals surface area contributed by atoms with E-state index in [4.69, 9.17) is 9.52 Å². The summed E-state index contributed by atoms with van der Waals surface area (Å²) in [5.41, 5.74) is 1.11. The predicted octanol–water partition coefficient (Wildman–Crippen LogP) is 3.40. The zero-order valence-electron chi connectivity index (χ0n) is 17.2. The number of nitrogens with zero attached hydrogens (tertiary/aromatic N) is 2. The topological polar surface area (TPSA) is 134 Å². The SMILES string of the molecule is Cl.O=C(O)CNc1cccc(C(Cc2cc3ccccc3o2)NS(=O)(=O)c2cccnc2)n1. The smallest absolute Gasteiger partial charge is 0.322 e. The highest BCUT2D eigenvalue weighted by Crippen LogP contribution is 2.25. The van der Waals surface area contributed by atoms with E-state index >= 15 is 0 Å². The fourth-order valence-electron chi connectivity index (χ4n) is 3.22. The second-order valence-electron chi connectivity index (χ2n) is 7.01. The number of carboxylic acid groups (broad SMARTS) is 1. The van der Waals surface area contributed by atoms with E-state index in [0.29, 0.717) is 22.9 Å². The lowest BCUT2D eigenvalue weighted by molar-refractivity contribution is -0.134. The van der Waals surface area contributed by atoms with E-state index in [-0.39, 0.29) is 30.3 Å². The van der Waals surface area contributed by atoms with Gasteiger partial charge in [-0.15, -0.1) is 12.4 Å². The first-order valence-corrected chi connectivity index (χ1v) is 11.2. The molecule has 0 aliphatic carbocycles. The Morgan fingerprint density at radius 1 is 1.09 bits per heavy atom. The Kier molecular flexibility index (Phi) is 7.64. The molecule has 3 heterocycles. The van der Waals surface area contributed by atoms with E-state index < -0.39 is 22.0 Å². The van der Waals surface area contributed by atoms with Crippen LogP contribution < -0.4 is 10.0 Å². The minimum Gasteiger partial charge on any atom is -0.480 e. The molecule has 172 valence electrons. The van der Waals surface area contributed by atoms with Crippen LogP contribution in [-0.4, -0.2) is 36.0 Å². The molecule has 0 amide bonds. The summed E-state index contributed by atoms with van der Waals surface area (Å²) in [6, 6.07) is 16.5. The van der Waals surface area contributed by atoms with Gasteiger partial charge in [0.25, 0.3) is 0 Å². The van der Waals surface area contributed by atoms with Crippen LogP contribution in [0, 0.1) is 0 Å². The number of pyridine rings is 2. The number of fused-ring (bicyclic) bond motifs is 1. The minimum absolute atomic E-state index is 0. The van der Waals surface area contributed by atoms with Crippen molar-refractivity contribution >= 4 is 45.2 Å². The lowest BCUT2D eigenvalue weighted by Crippen LogP contribution is -2.31. The fourth-order valence-corrected chi connectivity index (χ4v) is 4.39. The van der Waals surface area contributed by atoms with Crippen molar-refractivity contribution in [2.75, 3.05) is 11.9 Å². The van der Waals surface area contributed by atoms with Gasteiger partial charge in [-0.1, -0.05) is 24.3 Å². The van der Waals surface area contributed by atoms with Gasteiger partial charge in [-0.3, -0.25) is 9.78 Å². The molecular weight excluding hydrogens is 468 g/mol. The Balaban J connectivity index is 0.00000306. The molecule has 11 heteroatoms. The van der Waals surface area contributed by atoms with Gasteiger partial charge < -0.3 is 14.8 Å². The van der Waals surface area contributed by atoms with Crippen LogP contribution in [0.4, 0.5) is 5.82 Å². The number of aromatic nitrogens is 2. The van der Waals surface area contributed by atoms with Crippen LogP contribution in [0.5, 0.6) is 0 Å². The molecule has 3 aromatic heterocycles. The van der Waals surface area contributed by atoms with Crippen molar-refractivity contribution in [1.29, 1.82) is 0 Å². The normalized spacial score (nSPS) is 12.1. The number of anilines is 1. The number of nitrogens with one attached hydrogen (secondary N) is 2. The van der Waals surface area contributed by atoms with Crippen molar-refractivity contribution in [3.63, 3.8) is 0 Å². The summed E-state index contributed by atoms with van der Waals surface area (Å²) in [4.78, 5) is 19.2. The predicted molar refractivity (Wildman–Crippen MR) is 125 cm³/mol. The monoisotopic (exact) mass is 488 g/mol. The number of furan rings is 1. The lowest BCUT2D eigenvalue weighted by atomic mass is 10.1. The maximum atomic E-state index is 13.0. The number of hydrogen-bond donors (Lipinski definition) is 3. The van der Waals surface area contributed by atoms with Crippen molar-refractivity contribution in [3.05, 3.63) is 84.5 Å². The van der Waals surface area contributed by atoms with Gasteiger partial charge in [0, 0.05) is 24.2 Å². The van der Waals surface area contributed by atoms with E-state index in [9.17, 15) is 13.2 Å². The molecule has 0 saturated carbocycles.